The maximum Gasteiger partial charge on any atom is 0.268 e. The molecule has 20 heavy (non-hydrogen) atoms. The molecule has 0 fully saturated rings. The summed E-state index contributed by atoms with van der Waals surface area (Å²) in [6.45, 7) is 6.12. The van der Waals surface area contributed by atoms with Crippen molar-refractivity contribution >= 4 is 25.6 Å². The number of halogens is 1. The first-order chi connectivity index (χ1) is 9.20. The molecule has 114 valence electrons. The van der Waals surface area contributed by atoms with E-state index in [4.69, 9.17) is 10.7 Å². The van der Waals surface area contributed by atoms with E-state index in [1.54, 1.807) is 7.05 Å². The molecule has 1 atom stereocenters. The van der Waals surface area contributed by atoms with Crippen LogP contribution in [0.4, 0.5) is 0 Å². The number of carbonyl (C=O) groups is 1. The van der Waals surface area contributed by atoms with Gasteiger partial charge in [-0.3, -0.25) is 4.79 Å². The minimum atomic E-state index is -3.82. The smallest absolute Gasteiger partial charge is 0.268 e. The van der Waals surface area contributed by atoms with Gasteiger partial charge < -0.3 is 9.88 Å². The third-order valence-electron chi connectivity index (χ3n) is 3.61. The Bertz CT molecular complexity index is 576. The molecule has 1 heterocycles. The summed E-state index contributed by atoms with van der Waals surface area (Å²) in [6.07, 6.45) is 3.29. The van der Waals surface area contributed by atoms with Crippen LogP contribution in [0, 0.1) is 5.92 Å². The fourth-order valence-electron chi connectivity index (χ4n) is 2.29. The van der Waals surface area contributed by atoms with E-state index in [-0.39, 0.29) is 22.5 Å². The van der Waals surface area contributed by atoms with E-state index in [2.05, 4.69) is 19.2 Å². The van der Waals surface area contributed by atoms with Crippen LogP contribution in [0.25, 0.3) is 0 Å². The zero-order chi connectivity index (χ0) is 15.5. The van der Waals surface area contributed by atoms with Gasteiger partial charge in [0.15, 0.2) is 0 Å². The molecule has 0 bridgehead atoms. The third kappa shape index (κ3) is 3.99. The average molecular weight is 321 g/mol. The Balaban J connectivity index is 2.91. The van der Waals surface area contributed by atoms with Gasteiger partial charge in [-0.1, -0.05) is 26.7 Å². The van der Waals surface area contributed by atoms with Crippen LogP contribution in [0.1, 0.15) is 44.1 Å². The first-order valence-electron chi connectivity index (χ1n) is 6.62. The molecule has 0 aliphatic rings. The van der Waals surface area contributed by atoms with Crippen molar-refractivity contribution in [3.05, 3.63) is 18.0 Å². The van der Waals surface area contributed by atoms with Gasteiger partial charge >= 0.3 is 0 Å². The molecule has 7 heteroatoms. The number of carbonyl (C=O) groups excluding carboxylic acids is 1. The summed E-state index contributed by atoms with van der Waals surface area (Å²) in [5, 5.41) is 2.91. The standard InChI is InChI=1S/C13H21ClN2O3S/c1-5-10(6-2)9(3)15-13(17)12-7-11(8-16(12)4)20(14,18)19/h7-10H,5-6H2,1-4H3,(H,15,17). The second kappa shape index (κ2) is 6.63. The summed E-state index contributed by atoms with van der Waals surface area (Å²) in [4.78, 5) is 12.1. The van der Waals surface area contributed by atoms with Crippen LogP contribution in [0.5, 0.6) is 0 Å². The van der Waals surface area contributed by atoms with Crippen LogP contribution in [-0.4, -0.2) is 24.9 Å². The molecule has 0 spiro atoms. The second-order valence-corrected chi connectivity index (χ2v) is 7.51. The molecule has 1 rings (SSSR count). The van der Waals surface area contributed by atoms with E-state index < -0.39 is 9.05 Å². The van der Waals surface area contributed by atoms with E-state index in [1.807, 2.05) is 6.92 Å². The Kier molecular flexibility index (Phi) is 5.65. The van der Waals surface area contributed by atoms with Gasteiger partial charge in [0.2, 0.25) is 0 Å². The van der Waals surface area contributed by atoms with Gasteiger partial charge in [-0.25, -0.2) is 8.42 Å². The number of nitrogens with zero attached hydrogens (tertiary/aromatic N) is 1. The lowest BCUT2D eigenvalue weighted by molar-refractivity contribution is 0.0917. The van der Waals surface area contributed by atoms with Crippen LogP contribution in [0.15, 0.2) is 17.2 Å². The van der Waals surface area contributed by atoms with Crippen molar-refractivity contribution in [2.24, 2.45) is 13.0 Å². The largest absolute Gasteiger partial charge is 0.348 e. The lowest BCUT2D eigenvalue weighted by Crippen LogP contribution is -2.38. The van der Waals surface area contributed by atoms with E-state index in [0.29, 0.717) is 5.92 Å². The molecular formula is C13H21ClN2O3S. The summed E-state index contributed by atoms with van der Waals surface area (Å²) in [5.74, 6) is 0.105. The number of rotatable bonds is 6. The lowest BCUT2D eigenvalue weighted by Gasteiger charge is -2.22. The number of hydrogen-bond donors (Lipinski definition) is 1. The Labute approximate surface area is 124 Å². The highest BCUT2D eigenvalue weighted by Crippen LogP contribution is 2.18. The molecule has 1 unspecified atom stereocenters. The van der Waals surface area contributed by atoms with Crippen LogP contribution < -0.4 is 5.32 Å². The third-order valence-corrected chi connectivity index (χ3v) is 4.93. The van der Waals surface area contributed by atoms with Crippen molar-refractivity contribution in [3.8, 4) is 0 Å². The maximum absolute atomic E-state index is 12.2. The van der Waals surface area contributed by atoms with Crippen LogP contribution in [-0.2, 0) is 16.1 Å². The molecule has 1 N–H and O–H groups in total. The number of hydrogen-bond acceptors (Lipinski definition) is 3. The monoisotopic (exact) mass is 320 g/mol. The fraction of sp³-hybridized carbons (Fsp3) is 0.615. The van der Waals surface area contributed by atoms with Crippen LogP contribution in [0.2, 0.25) is 0 Å². The first kappa shape index (κ1) is 17.0. The lowest BCUT2D eigenvalue weighted by atomic mass is 9.95. The van der Waals surface area contributed by atoms with Gasteiger partial charge in [-0.05, 0) is 18.9 Å². The number of amides is 1. The van der Waals surface area contributed by atoms with Crippen molar-refractivity contribution in [1.29, 1.82) is 0 Å². The Hall–Kier alpha value is -1.01. The maximum atomic E-state index is 12.2. The topological polar surface area (TPSA) is 68.2 Å². The van der Waals surface area contributed by atoms with Crippen molar-refractivity contribution in [1.82, 2.24) is 9.88 Å². The highest BCUT2D eigenvalue weighted by Gasteiger charge is 2.21. The zero-order valence-corrected chi connectivity index (χ0v) is 13.8. The van der Waals surface area contributed by atoms with Crippen molar-refractivity contribution < 1.29 is 13.2 Å². The van der Waals surface area contributed by atoms with Gasteiger partial charge in [-0.2, -0.15) is 0 Å². The normalized spacial score (nSPS) is 13.5. The van der Waals surface area contributed by atoms with Gasteiger partial charge in [0.25, 0.3) is 15.0 Å². The molecule has 0 saturated carbocycles. The molecule has 0 aromatic carbocycles. The highest BCUT2D eigenvalue weighted by molar-refractivity contribution is 8.13. The summed E-state index contributed by atoms with van der Waals surface area (Å²) < 4.78 is 24.0. The van der Waals surface area contributed by atoms with Gasteiger partial charge in [-0.15, -0.1) is 0 Å². The molecule has 0 radical (unpaired) electrons. The predicted octanol–water partition coefficient (Wildman–Crippen LogP) is 2.51. The van der Waals surface area contributed by atoms with E-state index in [9.17, 15) is 13.2 Å². The number of aromatic nitrogens is 1. The molecular weight excluding hydrogens is 300 g/mol. The number of nitrogens with one attached hydrogen (secondary N) is 1. The minimum Gasteiger partial charge on any atom is -0.348 e. The van der Waals surface area contributed by atoms with Crippen LogP contribution >= 0.6 is 10.7 Å². The van der Waals surface area contributed by atoms with Crippen LogP contribution in [0.3, 0.4) is 0 Å². The Morgan fingerprint density at radius 2 is 1.95 bits per heavy atom. The molecule has 0 aliphatic heterocycles. The summed E-state index contributed by atoms with van der Waals surface area (Å²) in [7, 11) is 3.07. The van der Waals surface area contributed by atoms with E-state index in [0.717, 1.165) is 12.8 Å². The average Bonchev–Trinajstić information content (AvgIpc) is 2.72. The van der Waals surface area contributed by atoms with Gasteiger partial charge in [0.05, 0.1) is 0 Å². The van der Waals surface area contributed by atoms with Crippen molar-refractivity contribution in [2.45, 2.75) is 44.6 Å². The summed E-state index contributed by atoms with van der Waals surface area (Å²) in [5.41, 5.74) is 0.280. The van der Waals surface area contributed by atoms with Gasteiger partial charge in [0.1, 0.15) is 10.6 Å². The van der Waals surface area contributed by atoms with Crippen molar-refractivity contribution in [3.63, 3.8) is 0 Å². The van der Waals surface area contributed by atoms with Gasteiger partial charge in [0, 0.05) is 30.0 Å². The number of aryl methyl sites for hydroxylation is 1. The highest BCUT2D eigenvalue weighted by atomic mass is 35.7. The second-order valence-electron chi connectivity index (χ2n) is 4.95. The fourth-order valence-corrected chi connectivity index (χ4v) is 3.08. The molecule has 0 saturated heterocycles. The first-order valence-corrected chi connectivity index (χ1v) is 8.93. The van der Waals surface area contributed by atoms with E-state index >= 15 is 0 Å². The molecule has 5 nitrogen and oxygen atoms in total. The Morgan fingerprint density at radius 3 is 2.35 bits per heavy atom. The molecule has 0 aliphatic carbocycles. The molecule has 1 amide bonds. The summed E-state index contributed by atoms with van der Waals surface area (Å²) in [6, 6.07) is 1.32. The molecule has 1 aromatic rings. The predicted molar refractivity (Wildman–Crippen MR) is 79.5 cm³/mol. The SMILES string of the molecule is CCC(CC)C(C)NC(=O)c1cc(S(=O)(=O)Cl)cn1C. The summed E-state index contributed by atoms with van der Waals surface area (Å²) >= 11 is 0. The molecule has 1 aromatic heterocycles. The Morgan fingerprint density at radius 1 is 1.40 bits per heavy atom. The zero-order valence-electron chi connectivity index (χ0n) is 12.2. The minimum absolute atomic E-state index is 0.0310. The quantitative estimate of drug-likeness (QED) is 0.819. The van der Waals surface area contributed by atoms with E-state index in [1.165, 1.54) is 16.8 Å². The van der Waals surface area contributed by atoms with Crippen molar-refractivity contribution in [2.75, 3.05) is 0 Å².